The number of ether oxygens (including phenoxy) is 1. The third kappa shape index (κ3) is 4.59. The summed E-state index contributed by atoms with van der Waals surface area (Å²) < 4.78 is 12.8. The molecule has 0 atom stereocenters. The number of rotatable bonds is 7. The maximum atomic E-state index is 11.8. The van der Waals surface area contributed by atoms with E-state index in [1.54, 1.807) is 23.1 Å². The van der Waals surface area contributed by atoms with E-state index >= 15 is 0 Å². The van der Waals surface area contributed by atoms with Gasteiger partial charge in [-0.05, 0) is 37.3 Å². The Kier molecular flexibility index (Phi) is 6.40. The molecule has 8 heteroatoms. The molecule has 0 aliphatic heterocycles. The van der Waals surface area contributed by atoms with Gasteiger partial charge in [-0.25, -0.2) is 4.79 Å². The number of methoxy groups -OCH3 is 1. The number of hydrogen-bond acceptors (Lipinski definition) is 7. The summed E-state index contributed by atoms with van der Waals surface area (Å²) in [4.78, 5) is 13.1. The quantitative estimate of drug-likeness (QED) is 0.368. The van der Waals surface area contributed by atoms with Gasteiger partial charge in [0.1, 0.15) is 11.6 Å². The summed E-state index contributed by atoms with van der Waals surface area (Å²) in [6, 6.07) is 6.58. The zero-order chi connectivity index (χ0) is 20.2. The molecule has 0 saturated heterocycles. The van der Waals surface area contributed by atoms with Crippen molar-refractivity contribution >= 4 is 29.1 Å². The summed E-state index contributed by atoms with van der Waals surface area (Å²) in [5.41, 5.74) is 0.791. The minimum atomic E-state index is -0.442. The number of thiophene rings is 1. The molecule has 0 bridgehead atoms. The number of esters is 1. The van der Waals surface area contributed by atoms with Crippen LogP contribution in [0.1, 0.15) is 70.7 Å². The van der Waals surface area contributed by atoms with Gasteiger partial charge in [0.25, 0.3) is 0 Å². The monoisotopic (exact) mass is 431 g/mol. The second-order valence-corrected chi connectivity index (χ2v) is 9.30. The van der Waals surface area contributed by atoms with Crippen molar-refractivity contribution in [2.75, 3.05) is 7.11 Å². The Bertz CT molecular complexity index is 956. The van der Waals surface area contributed by atoms with E-state index in [0.717, 1.165) is 28.7 Å². The molecule has 0 spiro atoms. The lowest BCUT2D eigenvalue weighted by Gasteiger charge is -2.25. The van der Waals surface area contributed by atoms with Crippen molar-refractivity contribution < 1.29 is 13.9 Å². The third-order valence-corrected chi connectivity index (χ3v) is 7.11. The van der Waals surface area contributed by atoms with Gasteiger partial charge >= 0.3 is 5.97 Å². The average molecular weight is 432 g/mol. The van der Waals surface area contributed by atoms with Gasteiger partial charge in [0.05, 0.1) is 12.9 Å². The average Bonchev–Trinajstić information content (AvgIpc) is 3.47. The van der Waals surface area contributed by atoms with Crippen molar-refractivity contribution in [3.63, 3.8) is 0 Å². The van der Waals surface area contributed by atoms with Crippen molar-refractivity contribution in [2.24, 2.45) is 0 Å². The summed E-state index contributed by atoms with van der Waals surface area (Å²) in [5, 5.41) is 12.1. The summed E-state index contributed by atoms with van der Waals surface area (Å²) in [6.07, 6.45) is 6.98. The lowest BCUT2D eigenvalue weighted by atomic mass is 9.95. The minimum absolute atomic E-state index is 0.273. The number of carbonyl (C=O) groups is 1. The Morgan fingerprint density at radius 3 is 2.90 bits per heavy atom. The molecule has 1 aliphatic rings. The molecular formula is C21H25N3O3S2. The highest BCUT2D eigenvalue weighted by Crippen LogP contribution is 2.34. The highest BCUT2D eigenvalue weighted by atomic mass is 32.2. The molecule has 3 aromatic rings. The number of nitrogens with zero attached hydrogens (tertiary/aromatic N) is 3. The first-order valence-electron chi connectivity index (χ1n) is 9.92. The number of carbonyl (C=O) groups excluding carboxylic acids is 1. The highest BCUT2D eigenvalue weighted by Gasteiger charge is 2.24. The second-order valence-electron chi connectivity index (χ2n) is 7.32. The van der Waals surface area contributed by atoms with E-state index in [1.807, 2.05) is 13.0 Å². The standard InChI is InChI=1S/C21H25N3O3S2/c1-14-11-16(27-19(14)20(25)26-2)13-29-21-23-22-18(12-17-9-6-10-28-17)24(21)15-7-4-3-5-8-15/h6,9-11,15H,3-5,7-8,12-13H2,1-2H3. The van der Waals surface area contributed by atoms with E-state index in [-0.39, 0.29) is 5.76 Å². The van der Waals surface area contributed by atoms with E-state index in [0.29, 0.717) is 11.8 Å². The van der Waals surface area contributed by atoms with Gasteiger partial charge in [0, 0.05) is 22.9 Å². The van der Waals surface area contributed by atoms with Crippen LogP contribution in [-0.2, 0) is 16.9 Å². The fourth-order valence-corrected chi connectivity index (χ4v) is 5.46. The molecule has 0 amide bonds. The molecule has 0 aromatic carbocycles. The topological polar surface area (TPSA) is 70.2 Å². The molecule has 1 saturated carbocycles. The smallest absolute Gasteiger partial charge is 0.374 e. The van der Waals surface area contributed by atoms with Crippen molar-refractivity contribution in [2.45, 2.75) is 62.4 Å². The zero-order valence-corrected chi connectivity index (χ0v) is 18.4. The number of hydrogen-bond donors (Lipinski definition) is 0. The molecule has 0 radical (unpaired) electrons. The normalized spacial score (nSPS) is 15.0. The number of thioether (sulfide) groups is 1. The molecule has 0 N–H and O–H groups in total. The molecular weight excluding hydrogens is 406 g/mol. The van der Waals surface area contributed by atoms with Crippen LogP contribution in [0.15, 0.2) is 33.2 Å². The molecule has 4 rings (SSSR count). The third-order valence-electron chi connectivity index (χ3n) is 5.27. The fraction of sp³-hybridized carbons (Fsp3) is 0.476. The van der Waals surface area contributed by atoms with Crippen LogP contribution in [0, 0.1) is 6.92 Å². The fourth-order valence-electron chi connectivity index (χ4n) is 3.85. The second kappa shape index (κ2) is 9.17. The van der Waals surface area contributed by atoms with Gasteiger partial charge in [-0.15, -0.1) is 21.5 Å². The number of furan rings is 1. The summed E-state index contributed by atoms with van der Waals surface area (Å²) >= 11 is 3.37. The van der Waals surface area contributed by atoms with Crippen LogP contribution in [0.2, 0.25) is 0 Å². The number of aryl methyl sites for hydroxylation is 1. The van der Waals surface area contributed by atoms with Gasteiger partial charge in [0.15, 0.2) is 5.16 Å². The number of aromatic nitrogens is 3. The zero-order valence-electron chi connectivity index (χ0n) is 16.7. The molecule has 1 aliphatic carbocycles. The van der Waals surface area contributed by atoms with E-state index < -0.39 is 5.97 Å². The van der Waals surface area contributed by atoms with Crippen molar-refractivity contribution in [1.29, 1.82) is 0 Å². The predicted octanol–water partition coefficient (Wildman–Crippen LogP) is 5.42. The van der Waals surface area contributed by atoms with Gasteiger partial charge in [-0.2, -0.15) is 0 Å². The Morgan fingerprint density at radius 2 is 2.17 bits per heavy atom. The first kappa shape index (κ1) is 20.2. The van der Waals surface area contributed by atoms with Crippen LogP contribution < -0.4 is 0 Å². The van der Waals surface area contributed by atoms with Crippen LogP contribution in [-0.4, -0.2) is 27.8 Å². The van der Waals surface area contributed by atoms with Crippen LogP contribution in [0.25, 0.3) is 0 Å². The van der Waals surface area contributed by atoms with Crippen LogP contribution in [0.5, 0.6) is 0 Å². The summed E-state index contributed by atoms with van der Waals surface area (Å²) in [7, 11) is 1.36. The van der Waals surface area contributed by atoms with Crippen molar-refractivity contribution in [3.8, 4) is 0 Å². The van der Waals surface area contributed by atoms with E-state index in [9.17, 15) is 4.79 Å². The molecule has 1 fully saturated rings. The van der Waals surface area contributed by atoms with Gasteiger partial charge in [0.2, 0.25) is 5.76 Å². The molecule has 3 heterocycles. The molecule has 3 aromatic heterocycles. The first-order valence-corrected chi connectivity index (χ1v) is 11.8. The molecule has 29 heavy (non-hydrogen) atoms. The summed E-state index contributed by atoms with van der Waals surface area (Å²) in [5.74, 6) is 2.21. The highest BCUT2D eigenvalue weighted by molar-refractivity contribution is 7.98. The Labute approximate surface area is 178 Å². The molecule has 0 unspecified atom stereocenters. The largest absolute Gasteiger partial charge is 0.463 e. The van der Waals surface area contributed by atoms with Gasteiger partial charge < -0.3 is 13.7 Å². The Morgan fingerprint density at radius 1 is 1.34 bits per heavy atom. The van der Waals surface area contributed by atoms with Crippen LogP contribution >= 0.6 is 23.1 Å². The lowest BCUT2D eigenvalue weighted by molar-refractivity contribution is 0.0562. The SMILES string of the molecule is COC(=O)c1oc(CSc2nnc(Cc3cccs3)n2C2CCCCC2)cc1C. The van der Waals surface area contributed by atoms with Crippen LogP contribution in [0.4, 0.5) is 0 Å². The van der Waals surface area contributed by atoms with E-state index in [4.69, 9.17) is 9.15 Å². The van der Waals surface area contributed by atoms with Gasteiger partial charge in [-0.3, -0.25) is 0 Å². The van der Waals surface area contributed by atoms with Gasteiger partial charge in [-0.1, -0.05) is 37.1 Å². The maximum absolute atomic E-state index is 11.8. The van der Waals surface area contributed by atoms with E-state index in [2.05, 4.69) is 32.3 Å². The Balaban J connectivity index is 1.55. The van der Waals surface area contributed by atoms with Crippen molar-refractivity contribution in [1.82, 2.24) is 14.8 Å². The maximum Gasteiger partial charge on any atom is 0.374 e. The summed E-state index contributed by atoms with van der Waals surface area (Å²) in [6.45, 7) is 1.85. The first-order chi connectivity index (χ1) is 14.2. The lowest BCUT2D eigenvalue weighted by Crippen LogP contribution is -2.16. The molecule has 6 nitrogen and oxygen atoms in total. The Hall–Kier alpha value is -2.06. The van der Waals surface area contributed by atoms with E-state index in [1.165, 1.54) is 44.1 Å². The minimum Gasteiger partial charge on any atom is -0.463 e. The predicted molar refractivity (Wildman–Crippen MR) is 114 cm³/mol. The molecule has 154 valence electrons. The van der Waals surface area contributed by atoms with Crippen molar-refractivity contribution in [3.05, 3.63) is 51.4 Å². The van der Waals surface area contributed by atoms with Crippen LogP contribution in [0.3, 0.4) is 0 Å².